The lowest BCUT2D eigenvalue weighted by Crippen LogP contribution is -2.41. The molecule has 3 rings (SSSR count). The maximum absolute atomic E-state index is 13.9. The van der Waals surface area contributed by atoms with Crippen LogP contribution in [0.3, 0.4) is 0 Å². The highest BCUT2D eigenvalue weighted by molar-refractivity contribution is 7.89. The summed E-state index contributed by atoms with van der Waals surface area (Å²) in [7, 11) is -2.30. The van der Waals surface area contributed by atoms with Crippen molar-refractivity contribution < 1.29 is 22.3 Å². The van der Waals surface area contributed by atoms with Crippen molar-refractivity contribution in [1.29, 1.82) is 0 Å². The van der Waals surface area contributed by atoms with Crippen LogP contribution in [0, 0.1) is 5.82 Å². The first-order valence-electron chi connectivity index (χ1n) is 8.57. The standard InChI is InChI=1S/C19H21FN2O4S/c1-21(14-15-6-2-4-8-17(15)20)19(23)16-7-3-5-9-18(16)27(24,25)22-10-12-26-13-11-22/h2-9H,10-14H2,1H3. The fraction of sp³-hybridized carbons (Fsp3) is 0.316. The van der Waals surface area contributed by atoms with Crippen LogP contribution in [0.4, 0.5) is 4.39 Å². The first-order valence-corrected chi connectivity index (χ1v) is 10.0. The van der Waals surface area contributed by atoms with E-state index in [-0.39, 0.29) is 30.1 Å². The molecule has 6 nitrogen and oxygen atoms in total. The lowest BCUT2D eigenvalue weighted by Gasteiger charge is -2.27. The summed E-state index contributed by atoms with van der Waals surface area (Å²) in [5, 5.41) is 0. The molecule has 2 aromatic carbocycles. The largest absolute Gasteiger partial charge is 0.379 e. The Hall–Kier alpha value is -2.29. The lowest BCUT2D eigenvalue weighted by atomic mass is 10.1. The second kappa shape index (κ2) is 8.16. The molecule has 1 aliphatic heterocycles. The third kappa shape index (κ3) is 4.18. The second-order valence-corrected chi connectivity index (χ2v) is 8.17. The second-order valence-electron chi connectivity index (χ2n) is 6.27. The molecule has 1 heterocycles. The van der Waals surface area contributed by atoms with Gasteiger partial charge in [0.15, 0.2) is 0 Å². The summed E-state index contributed by atoms with van der Waals surface area (Å²) >= 11 is 0. The van der Waals surface area contributed by atoms with Crippen molar-refractivity contribution in [2.75, 3.05) is 33.4 Å². The summed E-state index contributed by atoms with van der Waals surface area (Å²) in [5.74, 6) is -0.892. The molecule has 0 atom stereocenters. The zero-order valence-corrected chi connectivity index (χ0v) is 15.8. The van der Waals surface area contributed by atoms with Crippen molar-refractivity contribution in [3.8, 4) is 0 Å². The average molecular weight is 392 g/mol. The molecule has 0 radical (unpaired) electrons. The van der Waals surface area contributed by atoms with E-state index >= 15 is 0 Å². The summed E-state index contributed by atoms with van der Waals surface area (Å²) in [6.07, 6.45) is 0. The topological polar surface area (TPSA) is 66.9 Å². The normalized spacial score (nSPS) is 15.5. The van der Waals surface area contributed by atoms with Gasteiger partial charge >= 0.3 is 0 Å². The third-order valence-electron chi connectivity index (χ3n) is 4.42. The molecule has 2 aromatic rings. The fourth-order valence-electron chi connectivity index (χ4n) is 2.95. The van der Waals surface area contributed by atoms with E-state index in [1.54, 1.807) is 30.3 Å². The molecule has 0 saturated carbocycles. The Labute approximate surface area is 158 Å². The van der Waals surface area contributed by atoms with E-state index in [2.05, 4.69) is 0 Å². The highest BCUT2D eigenvalue weighted by atomic mass is 32.2. The van der Waals surface area contributed by atoms with Gasteiger partial charge in [-0.25, -0.2) is 12.8 Å². The predicted octanol–water partition coefficient (Wildman–Crippen LogP) is 2.12. The number of benzene rings is 2. The highest BCUT2D eigenvalue weighted by Crippen LogP contribution is 2.23. The molecule has 0 spiro atoms. The molecule has 0 aromatic heterocycles. The molecule has 1 saturated heterocycles. The summed E-state index contributed by atoms with van der Waals surface area (Å²) in [5.41, 5.74) is 0.435. The molecule has 144 valence electrons. The molecule has 0 bridgehead atoms. The molecule has 0 N–H and O–H groups in total. The van der Waals surface area contributed by atoms with Crippen LogP contribution in [0.5, 0.6) is 0 Å². The first-order chi connectivity index (χ1) is 12.9. The Kier molecular flexibility index (Phi) is 5.88. The van der Waals surface area contributed by atoms with Crippen molar-refractivity contribution in [2.24, 2.45) is 0 Å². The molecule has 1 fully saturated rings. The predicted molar refractivity (Wildman–Crippen MR) is 98.2 cm³/mol. The number of carbonyl (C=O) groups is 1. The number of amides is 1. The molecule has 8 heteroatoms. The van der Waals surface area contributed by atoms with E-state index < -0.39 is 21.7 Å². The van der Waals surface area contributed by atoms with E-state index in [1.165, 1.54) is 34.5 Å². The van der Waals surface area contributed by atoms with Gasteiger partial charge in [0.25, 0.3) is 5.91 Å². The van der Waals surface area contributed by atoms with Crippen LogP contribution >= 0.6 is 0 Å². The van der Waals surface area contributed by atoms with Crippen LogP contribution in [-0.2, 0) is 21.3 Å². The Balaban J connectivity index is 1.88. The quantitative estimate of drug-likeness (QED) is 0.782. The maximum atomic E-state index is 13.9. The van der Waals surface area contributed by atoms with Gasteiger partial charge in [-0.15, -0.1) is 0 Å². The molecular weight excluding hydrogens is 371 g/mol. The minimum absolute atomic E-state index is 0.0391. The van der Waals surface area contributed by atoms with Gasteiger partial charge in [-0.1, -0.05) is 30.3 Å². The van der Waals surface area contributed by atoms with Crippen LogP contribution in [0.1, 0.15) is 15.9 Å². The number of sulfonamides is 1. The number of hydrogen-bond acceptors (Lipinski definition) is 4. The number of morpholine rings is 1. The minimum Gasteiger partial charge on any atom is -0.379 e. The van der Waals surface area contributed by atoms with Crippen molar-refractivity contribution in [3.05, 3.63) is 65.5 Å². The molecule has 0 unspecified atom stereocenters. The van der Waals surface area contributed by atoms with Gasteiger partial charge in [0.05, 0.1) is 23.7 Å². The van der Waals surface area contributed by atoms with Gasteiger partial charge < -0.3 is 9.64 Å². The molecule has 0 aliphatic carbocycles. The average Bonchev–Trinajstić information content (AvgIpc) is 2.69. The highest BCUT2D eigenvalue weighted by Gasteiger charge is 2.30. The van der Waals surface area contributed by atoms with Crippen molar-refractivity contribution in [2.45, 2.75) is 11.4 Å². The monoisotopic (exact) mass is 392 g/mol. The number of nitrogens with zero attached hydrogens (tertiary/aromatic N) is 2. The summed E-state index contributed by atoms with van der Waals surface area (Å²) in [4.78, 5) is 14.2. The van der Waals surface area contributed by atoms with Gasteiger partial charge in [-0.3, -0.25) is 4.79 Å². The number of carbonyl (C=O) groups excluding carboxylic acids is 1. The number of halogens is 1. The Bertz CT molecular complexity index is 927. The smallest absolute Gasteiger partial charge is 0.255 e. The Morgan fingerprint density at radius 2 is 1.74 bits per heavy atom. The van der Waals surface area contributed by atoms with E-state index in [0.29, 0.717) is 18.8 Å². The SMILES string of the molecule is CN(Cc1ccccc1F)C(=O)c1ccccc1S(=O)(=O)N1CCOCC1. The van der Waals surface area contributed by atoms with E-state index in [0.717, 1.165) is 0 Å². The minimum atomic E-state index is -3.82. The molecule has 1 amide bonds. The summed E-state index contributed by atoms with van der Waals surface area (Å²) < 4.78 is 46.4. The van der Waals surface area contributed by atoms with E-state index in [9.17, 15) is 17.6 Å². The van der Waals surface area contributed by atoms with Gasteiger partial charge in [0.1, 0.15) is 5.82 Å². The Morgan fingerprint density at radius 3 is 2.44 bits per heavy atom. The molecular formula is C19H21FN2O4S. The van der Waals surface area contributed by atoms with Crippen molar-refractivity contribution in [3.63, 3.8) is 0 Å². The number of ether oxygens (including phenoxy) is 1. The fourth-order valence-corrected chi connectivity index (χ4v) is 4.55. The van der Waals surface area contributed by atoms with Gasteiger partial charge in [-0.2, -0.15) is 4.31 Å². The van der Waals surface area contributed by atoms with Crippen molar-refractivity contribution in [1.82, 2.24) is 9.21 Å². The summed E-state index contributed by atoms with van der Waals surface area (Å²) in [6.45, 7) is 1.17. The third-order valence-corrected chi connectivity index (χ3v) is 6.37. The maximum Gasteiger partial charge on any atom is 0.255 e. The van der Waals surface area contributed by atoms with E-state index in [4.69, 9.17) is 4.74 Å². The van der Waals surface area contributed by atoms with Crippen LogP contribution in [-0.4, -0.2) is 56.9 Å². The molecule has 27 heavy (non-hydrogen) atoms. The zero-order valence-electron chi connectivity index (χ0n) is 15.0. The Morgan fingerprint density at radius 1 is 1.11 bits per heavy atom. The number of hydrogen-bond donors (Lipinski definition) is 0. The van der Waals surface area contributed by atoms with Crippen molar-refractivity contribution >= 4 is 15.9 Å². The van der Waals surface area contributed by atoms with Crippen LogP contribution < -0.4 is 0 Å². The van der Waals surface area contributed by atoms with Gasteiger partial charge in [0.2, 0.25) is 10.0 Å². The van der Waals surface area contributed by atoms with E-state index in [1.807, 2.05) is 0 Å². The van der Waals surface area contributed by atoms with Gasteiger partial charge in [-0.05, 0) is 18.2 Å². The first kappa shape index (κ1) is 19.5. The lowest BCUT2D eigenvalue weighted by molar-refractivity contribution is 0.0727. The van der Waals surface area contributed by atoms with Crippen LogP contribution in [0.2, 0.25) is 0 Å². The van der Waals surface area contributed by atoms with Crippen LogP contribution in [0.25, 0.3) is 0 Å². The molecule has 1 aliphatic rings. The van der Waals surface area contributed by atoms with Gasteiger partial charge in [0, 0.05) is 32.2 Å². The summed E-state index contributed by atoms with van der Waals surface area (Å²) in [6, 6.07) is 12.3. The number of rotatable bonds is 5. The zero-order chi connectivity index (χ0) is 19.4. The van der Waals surface area contributed by atoms with Crippen LogP contribution in [0.15, 0.2) is 53.4 Å².